The van der Waals surface area contributed by atoms with Gasteiger partial charge in [0.2, 0.25) is 0 Å². The van der Waals surface area contributed by atoms with Gasteiger partial charge in [0.05, 0.1) is 5.70 Å². The first-order valence-corrected chi connectivity index (χ1v) is 9.23. The molecule has 0 spiro atoms. The number of amidine groups is 1. The number of hydrogen-bond donors (Lipinski definition) is 2. The van der Waals surface area contributed by atoms with Crippen LogP contribution in [0.1, 0.15) is 41.3 Å². The van der Waals surface area contributed by atoms with Gasteiger partial charge in [-0.15, -0.1) is 0 Å². The molecule has 0 aliphatic carbocycles. The number of amides is 2. The van der Waals surface area contributed by atoms with Gasteiger partial charge in [-0.05, 0) is 30.7 Å². The molecular weight excluding hydrogens is 371 g/mol. The summed E-state index contributed by atoms with van der Waals surface area (Å²) in [6, 6.07) is 14.1. The van der Waals surface area contributed by atoms with E-state index in [1.807, 2.05) is 13.0 Å². The van der Waals surface area contributed by atoms with Crippen LogP contribution in [0.2, 0.25) is 0 Å². The zero-order chi connectivity index (χ0) is 20.8. The van der Waals surface area contributed by atoms with E-state index in [9.17, 15) is 19.2 Å². The Morgan fingerprint density at radius 1 is 1.10 bits per heavy atom. The predicted octanol–water partition coefficient (Wildman–Crippen LogP) is 3.17. The molecule has 2 amide bonds. The summed E-state index contributed by atoms with van der Waals surface area (Å²) >= 11 is 0. The molecule has 1 aliphatic rings. The van der Waals surface area contributed by atoms with Crippen molar-refractivity contribution in [1.29, 1.82) is 5.26 Å². The first-order chi connectivity index (χ1) is 14.0. The molecule has 29 heavy (non-hydrogen) atoms. The number of aliphatic imine (C=N–C) groups is 1. The second kappa shape index (κ2) is 8.93. The van der Waals surface area contributed by atoms with Crippen LogP contribution >= 0.6 is 0 Å². The molecule has 146 valence electrons. The van der Waals surface area contributed by atoms with Crippen LogP contribution in [-0.4, -0.2) is 24.2 Å². The number of unbranched alkanes of at least 4 members (excludes halogenated alkanes) is 1. The summed E-state index contributed by atoms with van der Waals surface area (Å²) in [6.45, 7) is 2.47. The lowest BCUT2D eigenvalue weighted by atomic mass is 10.0. The molecule has 0 atom stereocenters. The quantitative estimate of drug-likeness (QED) is 0.466. The molecule has 0 bridgehead atoms. The van der Waals surface area contributed by atoms with Crippen LogP contribution in [0.3, 0.4) is 0 Å². The maximum absolute atomic E-state index is 13.1. The van der Waals surface area contributed by atoms with Gasteiger partial charge in [-0.2, -0.15) is 5.26 Å². The van der Waals surface area contributed by atoms with Crippen molar-refractivity contribution in [2.45, 2.75) is 19.8 Å². The number of halogens is 1. The number of benzene rings is 2. The fourth-order valence-electron chi connectivity index (χ4n) is 2.87. The summed E-state index contributed by atoms with van der Waals surface area (Å²) < 4.78 is 13.1. The Morgan fingerprint density at radius 2 is 1.79 bits per heavy atom. The van der Waals surface area contributed by atoms with Gasteiger partial charge < -0.3 is 10.6 Å². The third kappa shape index (κ3) is 4.38. The van der Waals surface area contributed by atoms with E-state index in [1.165, 1.54) is 24.3 Å². The number of carbonyl (C=O) groups excluding carboxylic acids is 2. The first kappa shape index (κ1) is 20.0. The highest BCUT2D eigenvalue weighted by Gasteiger charge is 2.27. The molecule has 0 saturated heterocycles. The number of nitrogens with one attached hydrogen (secondary N) is 2. The topological polar surface area (TPSA) is 94.3 Å². The molecule has 3 rings (SSSR count). The van der Waals surface area contributed by atoms with E-state index >= 15 is 0 Å². The third-order valence-electron chi connectivity index (χ3n) is 4.39. The third-order valence-corrected chi connectivity index (χ3v) is 4.39. The highest BCUT2D eigenvalue weighted by Crippen LogP contribution is 2.30. The van der Waals surface area contributed by atoms with Gasteiger partial charge in [0.15, 0.2) is 0 Å². The summed E-state index contributed by atoms with van der Waals surface area (Å²) in [7, 11) is 0. The van der Waals surface area contributed by atoms with E-state index in [4.69, 9.17) is 0 Å². The predicted molar refractivity (Wildman–Crippen MR) is 107 cm³/mol. The number of fused-ring (bicyclic) bond motifs is 1. The van der Waals surface area contributed by atoms with E-state index in [2.05, 4.69) is 15.6 Å². The second-order valence-electron chi connectivity index (χ2n) is 6.41. The maximum atomic E-state index is 13.1. The largest absolute Gasteiger partial charge is 0.351 e. The van der Waals surface area contributed by atoms with Crippen molar-refractivity contribution in [3.05, 3.63) is 76.6 Å². The van der Waals surface area contributed by atoms with Gasteiger partial charge in [-0.3, -0.25) is 9.59 Å². The molecule has 2 aromatic rings. The molecule has 7 heteroatoms. The lowest BCUT2D eigenvalue weighted by Gasteiger charge is -2.06. The first-order valence-electron chi connectivity index (χ1n) is 9.23. The summed E-state index contributed by atoms with van der Waals surface area (Å²) in [6.07, 6.45) is 1.72. The Balaban J connectivity index is 1.94. The fourth-order valence-corrected chi connectivity index (χ4v) is 2.87. The van der Waals surface area contributed by atoms with E-state index < -0.39 is 17.6 Å². The fraction of sp³-hybridized carbons (Fsp3) is 0.182. The van der Waals surface area contributed by atoms with Gasteiger partial charge in [-0.1, -0.05) is 37.6 Å². The average Bonchev–Trinajstić information content (AvgIpc) is 3.07. The molecule has 0 aromatic heterocycles. The normalized spacial score (nSPS) is 13.8. The van der Waals surface area contributed by atoms with Gasteiger partial charge in [-0.25, -0.2) is 9.38 Å². The number of nitrogens with zero attached hydrogens (tertiary/aromatic N) is 2. The van der Waals surface area contributed by atoms with Crippen molar-refractivity contribution in [3.63, 3.8) is 0 Å². The van der Waals surface area contributed by atoms with Crippen LogP contribution < -0.4 is 10.6 Å². The lowest BCUT2D eigenvalue weighted by Crippen LogP contribution is -2.30. The summed E-state index contributed by atoms with van der Waals surface area (Å²) in [4.78, 5) is 29.3. The standard InChI is InChI=1S/C22H19FN4O2/c1-2-3-12-25-22(29)18(13-24)19-16-6-4-5-7-17(16)20(26-19)27-21(28)14-8-10-15(23)11-9-14/h4-11H,2-3,12H2,1H3,(H,25,29)(H,26,27,28)/b19-18-. The number of rotatable bonds is 5. The molecule has 6 nitrogen and oxygen atoms in total. The molecule has 0 unspecified atom stereocenters. The number of hydrogen-bond acceptors (Lipinski definition) is 4. The van der Waals surface area contributed by atoms with Crippen molar-refractivity contribution in [2.24, 2.45) is 4.99 Å². The smallest absolute Gasteiger partial charge is 0.264 e. The zero-order valence-electron chi connectivity index (χ0n) is 15.8. The van der Waals surface area contributed by atoms with Crippen LogP contribution in [0.4, 0.5) is 4.39 Å². The van der Waals surface area contributed by atoms with Crippen LogP contribution in [0.5, 0.6) is 0 Å². The monoisotopic (exact) mass is 390 g/mol. The van der Waals surface area contributed by atoms with E-state index in [1.54, 1.807) is 24.3 Å². The maximum Gasteiger partial charge on any atom is 0.264 e. The number of nitriles is 1. The second-order valence-corrected chi connectivity index (χ2v) is 6.41. The van der Waals surface area contributed by atoms with Crippen LogP contribution in [0.15, 0.2) is 59.1 Å². The molecule has 0 fully saturated rings. The Morgan fingerprint density at radius 3 is 2.45 bits per heavy atom. The molecule has 1 aliphatic heterocycles. The lowest BCUT2D eigenvalue weighted by molar-refractivity contribution is -0.117. The van der Waals surface area contributed by atoms with Crippen molar-refractivity contribution >= 4 is 23.3 Å². The molecular formula is C22H19FN4O2. The van der Waals surface area contributed by atoms with Gasteiger partial charge in [0.1, 0.15) is 23.3 Å². The van der Waals surface area contributed by atoms with Crippen LogP contribution in [0, 0.1) is 17.1 Å². The molecule has 2 N–H and O–H groups in total. The average molecular weight is 390 g/mol. The Labute approximate surface area is 167 Å². The van der Waals surface area contributed by atoms with Crippen molar-refractivity contribution < 1.29 is 14.0 Å². The Kier molecular flexibility index (Phi) is 6.15. The SMILES string of the molecule is CCCCNC(=O)/C(C#N)=C1\N=C(NC(=O)c2ccc(F)cc2)c2ccccc21. The van der Waals surface area contributed by atoms with E-state index in [0.717, 1.165) is 12.8 Å². The summed E-state index contributed by atoms with van der Waals surface area (Å²) in [5.41, 5.74) is 1.56. The Hall–Kier alpha value is -3.79. The molecule has 0 radical (unpaired) electrons. The number of carbonyl (C=O) groups is 2. The Bertz CT molecular complexity index is 1050. The van der Waals surface area contributed by atoms with Crippen molar-refractivity contribution in [2.75, 3.05) is 6.54 Å². The molecule has 1 heterocycles. The van der Waals surface area contributed by atoms with Crippen molar-refractivity contribution in [1.82, 2.24) is 10.6 Å². The van der Waals surface area contributed by atoms with Crippen molar-refractivity contribution in [3.8, 4) is 6.07 Å². The summed E-state index contributed by atoms with van der Waals surface area (Å²) in [5, 5.41) is 15.0. The molecule has 0 saturated carbocycles. The van der Waals surface area contributed by atoms with Gasteiger partial charge in [0.25, 0.3) is 11.8 Å². The minimum absolute atomic E-state index is 0.111. The van der Waals surface area contributed by atoms with Crippen LogP contribution in [0.25, 0.3) is 5.70 Å². The minimum Gasteiger partial charge on any atom is -0.351 e. The molecule has 2 aromatic carbocycles. The highest BCUT2D eigenvalue weighted by molar-refractivity contribution is 6.20. The zero-order valence-corrected chi connectivity index (χ0v) is 15.8. The van der Waals surface area contributed by atoms with E-state index in [-0.39, 0.29) is 22.7 Å². The highest BCUT2D eigenvalue weighted by atomic mass is 19.1. The van der Waals surface area contributed by atoms with Gasteiger partial charge >= 0.3 is 0 Å². The van der Waals surface area contributed by atoms with E-state index in [0.29, 0.717) is 17.7 Å². The van der Waals surface area contributed by atoms with Crippen LogP contribution in [-0.2, 0) is 4.79 Å². The van der Waals surface area contributed by atoms with Gasteiger partial charge in [0, 0.05) is 23.2 Å². The summed E-state index contributed by atoms with van der Waals surface area (Å²) in [5.74, 6) is -1.17. The minimum atomic E-state index is -0.499.